The second-order valence-corrected chi connectivity index (χ2v) is 18.1. The summed E-state index contributed by atoms with van der Waals surface area (Å²) in [5, 5.41) is 0. The first kappa shape index (κ1) is 66.3. The second kappa shape index (κ2) is 57.9. The van der Waals surface area contributed by atoms with Crippen molar-refractivity contribution in [3.8, 4) is 0 Å². The summed E-state index contributed by atoms with van der Waals surface area (Å²) in [6, 6.07) is 0. The smallest absolute Gasteiger partial charge is 0.306 e. The van der Waals surface area contributed by atoms with Crippen molar-refractivity contribution in [1.82, 2.24) is 0 Å². The van der Waals surface area contributed by atoms with Gasteiger partial charge in [0.1, 0.15) is 13.2 Å². The zero-order chi connectivity index (χ0) is 51.4. The highest BCUT2D eigenvalue weighted by molar-refractivity contribution is 5.71. The third-order valence-corrected chi connectivity index (χ3v) is 11.3. The first-order valence-corrected chi connectivity index (χ1v) is 28.3. The van der Waals surface area contributed by atoms with E-state index in [0.29, 0.717) is 19.3 Å². The minimum absolute atomic E-state index is 0.156. The van der Waals surface area contributed by atoms with Crippen molar-refractivity contribution < 1.29 is 28.6 Å². The van der Waals surface area contributed by atoms with E-state index in [2.05, 4.69) is 154 Å². The van der Waals surface area contributed by atoms with E-state index in [4.69, 9.17) is 14.2 Å². The van der Waals surface area contributed by atoms with Crippen LogP contribution in [0.1, 0.15) is 226 Å². The molecular weight excluding hydrogens is 877 g/mol. The number of hydrogen-bond acceptors (Lipinski definition) is 6. The Labute approximate surface area is 436 Å². The number of unbranched alkanes of at least 4 members (excludes halogenated alkanes) is 14. The van der Waals surface area contributed by atoms with Crippen molar-refractivity contribution in [3.63, 3.8) is 0 Å². The van der Waals surface area contributed by atoms with Crippen molar-refractivity contribution in [2.45, 2.75) is 232 Å². The van der Waals surface area contributed by atoms with Crippen LogP contribution in [0.2, 0.25) is 0 Å². The third-order valence-electron chi connectivity index (χ3n) is 11.3. The van der Waals surface area contributed by atoms with Crippen LogP contribution in [-0.2, 0) is 28.6 Å². The fourth-order valence-electron chi connectivity index (χ4n) is 7.09. The average molecular weight is 980 g/mol. The molecule has 0 amide bonds. The van der Waals surface area contributed by atoms with Gasteiger partial charge in [-0.2, -0.15) is 0 Å². The minimum Gasteiger partial charge on any atom is -0.462 e. The number of esters is 3. The molecule has 398 valence electrons. The Hall–Kier alpha value is -4.71. The van der Waals surface area contributed by atoms with Crippen LogP contribution in [-0.4, -0.2) is 37.2 Å². The van der Waals surface area contributed by atoms with Gasteiger partial charge in [0.25, 0.3) is 0 Å². The number of carbonyl (C=O) groups is 3. The summed E-state index contributed by atoms with van der Waals surface area (Å²) in [6.07, 6.45) is 82.9. The van der Waals surface area contributed by atoms with E-state index in [-0.39, 0.29) is 44.4 Å². The maximum absolute atomic E-state index is 12.8. The van der Waals surface area contributed by atoms with Gasteiger partial charge in [0.2, 0.25) is 0 Å². The number of ether oxygens (including phenoxy) is 3. The Bertz CT molecular complexity index is 1520. The lowest BCUT2D eigenvalue weighted by atomic mass is 10.1. The molecule has 0 aromatic rings. The highest BCUT2D eigenvalue weighted by Crippen LogP contribution is 2.11. The van der Waals surface area contributed by atoms with Crippen molar-refractivity contribution in [2.24, 2.45) is 0 Å². The van der Waals surface area contributed by atoms with Gasteiger partial charge < -0.3 is 14.2 Å². The molecule has 6 heteroatoms. The van der Waals surface area contributed by atoms with Crippen LogP contribution in [0.25, 0.3) is 0 Å². The van der Waals surface area contributed by atoms with E-state index in [1.54, 1.807) is 0 Å². The van der Waals surface area contributed by atoms with Crippen LogP contribution in [0.5, 0.6) is 0 Å². The van der Waals surface area contributed by atoms with Crippen molar-refractivity contribution in [1.29, 1.82) is 0 Å². The molecule has 0 aromatic carbocycles. The normalized spacial score (nSPS) is 12.8. The highest BCUT2D eigenvalue weighted by Gasteiger charge is 2.19. The number of carbonyl (C=O) groups excluding carboxylic acids is 3. The Balaban J connectivity index is 4.68. The first-order chi connectivity index (χ1) is 35.0. The van der Waals surface area contributed by atoms with E-state index < -0.39 is 12.1 Å². The lowest BCUT2D eigenvalue weighted by molar-refractivity contribution is -0.166. The van der Waals surface area contributed by atoms with Crippen LogP contribution in [0.15, 0.2) is 146 Å². The van der Waals surface area contributed by atoms with E-state index >= 15 is 0 Å². The fraction of sp³-hybridized carbons (Fsp3) is 0.585. The Kier molecular flexibility index (Phi) is 54.0. The van der Waals surface area contributed by atoms with Gasteiger partial charge in [0.05, 0.1) is 0 Å². The Morgan fingerprint density at radius 1 is 0.296 bits per heavy atom. The molecule has 0 spiro atoms. The molecule has 0 radical (unpaired) electrons. The maximum atomic E-state index is 12.8. The largest absolute Gasteiger partial charge is 0.462 e. The second-order valence-electron chi connectivity index (χ2n) is 18.1. The first-order valence-electron chi connectivity index (χ1n) is 28.3. The third kappa shape index (κ3) is 56.1. The molecule has 0 aliphatic heterocycles. The highest BCUT2D eigenvalue weighted by atomic mass is 16.6. The van der Waals surface area contributed by atoms with Crippen LogP contribution in [0.4, 0.5) is 0 Å². The molecule has 0 fully saturated rings. The number of rotatable bonds is 49. The van der Waals surface area contributed by atoms with Gasteiger partial charge in [-0.25, -0.2) is 0 Å². The zero-order valence-electron chi connectivity index (χ0n) is 45.4. The Morgan fingerprint density at radius 2 is 0.577 bits per heavy atom. The summed E-state index contributed by atoms with van der Waals surface area (Å²) in [7, 11) is 0. The van der Waals surface area contributed by atoms with Crippen LogP contribution in [0.3, 0.4) is 0 Å². The molecule has 6 nitrogen and oxygen atoms in total. The zero-order valence-corrected chi connectivity index (χ0v) is 45.4. The predicted octanol–water partition coefficient (Wildman–Crippen LogP) is 19.2. The summed E-state index contributed by atoms with van der Waals surface area (Å²) in [5.41, 5.74) is 0. The van der Waals surface area contributed by atoms with Crippen LogP contribution in [0, 0.1) is 0 Å². The van der Waals surface area contributed by atoms with Gasteiger partial charge in [0.15, 0.2) is 6.10 Å². The molecule has 71 heavy (non-hydrogen) atoms. The van der Waals surface area contributed by atoms with Crippen molar-refractivity contribution in [2.75, 3.05) is 13.2 Å². The standard InChI is InChI=1S/C65H102O6/c1-4-7-10-13-16-19-22-25-28-31-32-35-38-41-44-47-50-53-56-59-65(68)71-62(60-69-63(66)57-54-51-48-45-42-39-36-33-29-26-23-20-17-14-11-8-5-2)61-70-64(67)58-55-52-49-46-43-40-37-34-30-27-24-21-18-15-12-9-6-3/h7,10,16,19,25-30,32,35-37,39-41,44-46,48-50,53,62H,4-6,8-9,11-15,17-18,20-24,31,33-34,38,42-43,47,51-52,54-61H2,1-3H3/b10-7-,19-16-,28-25-,29-26-,30-27-,35-32-,39-36-,40-37-,44-41-,48-45-,49-46-,53-50-. The average Bonchev–Trinajstić information content (AvgIpc) is 3.37. The molecule has 0 aromatic heterocycles. The molecule has 0 bridgehead atoms. The lowest BCUT2D eigenvalue weighted by Crippen LogP contribution is -2.30. The van der Waals surface area contributed by atoms with Crippen LogP contribution >= 0.6 is 0 Å². The summed E-state index contributed by atoms with van der Waals surface area (Å²) >= 11 is 0. The summed E-state index contributed by atoms with van der Waals surface area (Å²) in [6.45, 7) is 6.35. The van der Waals surface area contributed by atoms with E-state index in [1.165, 1.54) is 89.9 Å². The monoisotopic (exact) mass is 979 g/mol. The molecule has 0 atom stereocenters. The molecular formula is C65H102O6. The predicted molar refractivity (Wildman–Crippen MR) is 306 cm³/mol. The minimum atomic E-state index is -0.866. The van der Waals surface area contributed by atoms with Gasteiger partial charge in [-0.3, -0.25) is 14.4 Å². The van der Waals surface area contributed by atoms with Crippen LogP contribution < -0.4 is 0 Å². The summed E-state index contributed by atoms with van der Waals surface area (Å²) < 4.78 is 16.7. The molecule has 0 rings (SSSR count). The van der Waals surface area contributed by atoms with Gasteiger partial charge >= 0.3 is 17.9 Å². The lowest BCUT2D eigenvalue weighted by Gasteiger charge is -2.18. The SMILES string of the molecule is CC/C=C\C/C=C\C/C=C\C/C=C\C/C=C\C/C=C\CCC(=O)OC(COC(=O)CCC/C=C\C/C=C\C/C=C\CCCCCCCC)COC(=O)CCC/C=C\C/C=C\C/C=C\CCCCCCCC. The number of allylic oxidation sites excluding steroid dienone is 24. The van der Waals surface area contributed by atoms with E-state index in [0.717, 1.165) is 77.0 Å². The molecule has 0 N–H and O–H groups in total. The Morgan fingerprint density at radius 3 is 0.915 bits per heavy atom. The van der Waals surface area contributed by atoms with Crippen molar-refractivity contribution in [3.05, 3.63) is 146 Å². The molecule has 0 unspecified atom stereocenters. The van der Waals surface area contributed by atoms with E-state index in [9.17, 15) is 14.4 Å². The maximum Gasteiger partial charge on any atom is 0.306 e. The molecule has 0 aliphatic rings. The van der Waals surface area contributed by atoms with Gasteiger partial charge in [-0.1, -0.05) is 231 Å². The molecule has 0 saturated carbocycles. The quantitative estimate of drug-likeness (QED) is 0.0262. The molecule has 0 saturated heterocycles. The summed E-state index contributed by atoms with van der Waals surface area (Å²) in [4.78, 5) is 38.1. The van der Waals surface area contributed by atoms with Gasteiger partial charge in [0, 0.05) is 19.3 Å². The molecule has 0 heterocycles. The van der Waals surface area contributed by atoms with Crippen molar-refractivity contribution >= 4 is 17.9 Å². The summed E-state index contributed by atoms with van der Waals surface area (Å²) in [5.74, 6) is -1.15. The number of hydrogen-bond donors (Lipinski definition) is 0. The fourth-order valence-corrected chi connectivity index (χ4v) is 7.09. The molecule has 0 aliphatic carbocycles. The van der Waals surface area contributed by atoms with Gasteiger partial charge in [-0.15, -0.1) is 0 Å². The van der Waals surface area contributed by atoms with Gasteiger partial charge in [-0.05, 0) is 122 Å². The topological polar surface area (TPSA) is 78.9 Å². The van der Waals surface area contributed by atoms with E-state index in [1.807, 2.05) is 12.2 Å².